The van der Waals surface area contributed by atoms with Crippen molar-refractivity contribution in [1.82, 2.24) is 5.32 Å². The molecule has 0 aliphatic heterocycles. The van der Waals surface area contributed by atoms with Crippen LogP contribution in [0, 0.1) is 28.1 Å². The fourth-order valence-electron chi connectivity index (χ4n) is 6.13. The standard InChI is InChI=1S/C19H35N/c1-13-11-17(2,3)9-8-15(13)20-16-18(4,5)14-7-10-19(16,6)12-14/h13-16,20H,7-12H2,1-6H3. The Morgan fingerprint density at radius 3 is 2.15 bits per heavy atom. The van der Waals surface area contributed by atoms with E-state index < -0.39 is 0 Å². The van der Waals surface area contributed by atoms with Gasteiger partial charge in [0.05, 0.1) is 0 Å². The van der Waals surface area contributed by atoms with E-state index >= 15 is 0 Å². The lowest BCUT2D eigenvalue weighted by Gasteiger charge is -2.48. The van der Waals surface area contributed by atoms with E-state index in [1.54, 1.807) is 0 Å². The van der Waals surface area contributed by atoms with E-state index in [1.807, 2.05) is 0 Å². The fourth-order valence-corrected chi connectivity index (χ4v) is 6.13. The minimum atomic E-state index is 0.500. The highest BCUT2D eigenvalue weighted by atomic mass is 15.0. The van der Waals surface area contributed by atoms with Gasteiger partial charge in [0.15, 0.2) is 0 Å². The third-order valence-electron chi connectivity index (χ3n) is 7.34. The molecule has 0 spiro atoms. The van der Waals surface area contributed by atoms with E-state index in [2.05, 4.69) is 46.9 Å². The SMILES string of the molecule is CC1CC(C)(C)CCC1NC1C2(C)CCC(C2)C1(C)C. The van der Waals surface area contributed by atoms with Crippen molar-refractivity contribution in [2.45, 2.75) is 92.2 Å². The number of fused-ring (bicyclic) bond motifs is 2. The zero-order valence-corrected chi connectivity index (χ0v) is 14.6. The molecular weight excluding hydrogens is 242 g/mol. The summed E-state index contributed by atoms with van der Waals surface area (Å²) in [6, 6.07) is 1.49. The van der Waals surface area contributed by atoms with Crippen LogP contribution in [0.25, 0.3) is 0 Å². The summed E-state index contributed by atoms with van der Waals surface area (Å²) in [6.07, 6.45) is 8.53. The molecule has 1 N–H and O–H groups in total. The lowest BCUT2D eigenvalue weighted by atomic mass is 9.66. The van der Waals surface area contributed by atoms with Crippen LogP contribution in [0.4, 0.5) is 0 Å². The van der Waals surface area contributed by atoms with Crippen molar-refractivity contribution >= 4 is 0 Å². The first-order valence-corrected chi connectivity index (χ1v) is 8.90. The Kier molecular flexibility index (Phi) is 3.33. The maximum atomic E-state index is 4.17. The van der Waals surface area contributed by atoms with Gasteiger partial charge in [-0.15, -0.1) is 0 Å². The first kappa shape index (κ1) is 14.9. The van der Waals surface area contributed by atoms with Crippen LogP contribution in [0.15, 0.2) is 0 Å². The second kappa shape index (κ2) is 4.48. The molecule has 3 aliphatic carbocycles. The van der Waals surface area contributed by atoms with E-state index in [-0.39, 0.29) is 0 Å². The highest BCUT2D eigenvalue weighted by Crippen LogP contribution is 2.62. The third kappa shape index (κ3) is 2.25. The minimum absolute atomic E-state index is 0.500. The molecular formula is C19H35N. The summed E-state index contributed by atoms with van der Waals surface area (Å²) in [4.78, 5) is 0. The van der Waals surface area contributed by atoms with E-state index in [1.165, 1.54) is 38.5 Å². The molecule has 5 unspecified atom stereocenters. The molecule has 5 atom stereocenters. The summed E-state index contributed by atoms with van der Waals surface area (Å²) in [7, 11) is 0. The van der Waals surface area contributed by atoms with E-state index in [0.717, 1.165) is 23.9 Å². The molecule has 3 rings (SSSR count). The van der Waals surface area contributed by atoms with Gasteiger partial charge in [0.25, 0.3) is 0 Å². The third-order valence-corrected chi connectivity index (χ3v) is 7.34. The average molecular weight is 277 g/mol. The normalized spacial score (nSPS) is 49.5. The molecule has 3 fully saturated rings. The van der Waals surface area contributed by atoms with Gasteiger partial charge in [0.1, 0.15) is 0 Å². The van der Waals surface area contributed by atoms with Crippen molar-refractivity contribution in [3.8, 4) is 0 Å². The van der Waals surface area contributed by atoms with Crippen LogP contribution in [0.1, 0.15) is 80.1 Å². The highest BCUT2D eigenvalue weighted by molar-refractivity contribution is 5.13. The summed E-state index contributed by atoms with van der Waals surface area (Å²) in [5.41, 5.74) is 1.63. The lowest BCUT2D eigenvalue weighted by molar-refractivity contribution is 0.0650. The van der Waals surface area contributed by atoms with Crippen LogP contribution >= 0.6 is 0 Å². The number of nitrogens with one attached hydrogen (secondary N) is 1. The predicted octanol–water partition coefficient (Wildman–Crippen LogP) is 5.01. The zero-order chi connectivity index (χ0) is 14.8. The van der Waals surface area contributed by atoms with Crippen molar-refractivity contribution in [3.63, 3.8) is 0 Å². The molecule has 1 nitrogen and oxygen atoms in total. The summed E-state index contributed by atoms with van der Waals surface area (Å²) < 4.78 is 0. The van der Waals surface area contributed by atoms with Crippen molar-refractivity contribution in [2.24, 2.45) is 28.1 Å². The Morgan fingerprint density at radius 2 is 1.60 bits per heavy atom. The van der Waals surface area contributed by atoms with Gasteiger partial charge in [-0.1, -0.05) is 41.5 Å². The van der Waals surface area contributed by atoms with Crippen molar-refractivity contribution in [2.75, 3.05) is 0 Å². The van der Waals surface area contributed by atoms with Gasteiger partial charge >= 0.3 is 0 Å². The Bertz CT molecular complexity index is 378. The van der Waals surface area contributed by atoms with Gasteiger partial charge in [0, 0.05) is 12.1 Å². The smallest absolute Gasteiger partial charge is 0.0177 e. The molecule has 3 aliphatic rings. The highest BCUT2D eigenvalue weighted by Gasteiger charge is 2.59. The van der Waals surface area contributed by atoms with Crippen LogP contribution in [0.3, 0.4) is 0 Å². The van der Waals surface area contributed by atoms with Crippen LogP contribution in [0.5, 0.6) is 0 Å². The van der Waals surface area contributed by atoms with Crippen LogP contribution in [0.2, 0.25) is 0 Å². The molecule has 0 aromatic carbocycles. The van der Waals surface area contributed by atoms with E-state index in [0.29, 0.717) is 16.2 Å². The predicted molar refractivity (Wildman–Crippen MR) is 86.7 cm³/mol. The maximum absolute atomic E-state index is 4.17. The summed E-state index contributed by atoms with van der Waals surface area (Å²) in [5.74, 6) is 1.79. The molecule has 0 amide bonds. The first-order chi connectivity index (χ1) is 9.14. The lowest BCUT2D eigenvalue weighted by Crippen LogP contribution is -2.56. The Morgan fingerprint density at radius 1 is 0.900 bits per heavy atom. The topological polar surface area (TPSA) is 12.0 Å². The average Bonchev–Trinajstić information content (AvgIpc) is 2.77. The second-order valence-corrected chi connectivity index (χ2v) is 10.0. The maximum Gasteiger partial charge on any atom is 0.0177 e. The molecule has 0 saturated heterocycles. The van der Waals surface area contributed by atoms with Gasteiger partial charge in [-0.05, 0) is 66.6 Å². The largest absolute Gasteiger partial charge is 0.310 e. The molecule has 3 saturated carbocycles. The van der Waals surface area contributed by atoms with Gasteiger partial charge < -0.3 is 5.32 Å². The number of hydrogen-bond acceptors (Lipinski definition) is 1. The van der Waals surface area contributed by atoms with Crippen molar-refractivity contribution in [1.29, 1.82) is 0 Å². The first-order valence-electron chi connectivity index (χ1n) is 8.90. The van der Waals surface area contributed by atoms with Crippen LogP contribution in [-0.4, -0.2) is 12.1 Å². The Hall–Kier alpha value is -0.0400. The monoisotopic (exact) mass is 277 g/mol. The van der Waals surface area contributed by atoms with Crippen LogP contribution in [-0.2, 0) is 0 Å². The molecule has 1 heteroatoms. The molecule has 0 radical (unpaired) electrons. The van der Waals surface area contributed by atoms with Gasteiger partial charge in [0.2, 0.25) is 0 Å². The van der Waals surface area contributed by atoms with Crippen molar-refractivity contribution < 1.29 is 0 Å². The summed E-state index contributed by atoms with van der Waals surface area (Å²) in [6.45, 7) is 15.0. The Labute approximate surface area is 126 Å². The van der Waals surface area contributed by atoms with E-state index in [9.17, 15) is 0 Å². The number of hydrogen-bond donors (Lipinski definition) is 1. The Balaban J connectivity index is 1.72. The van der Waals surface area contributed by atoms with Crippen molar-refractivity contribution in [3.05, 3.63) is 0 Å². The molecule has 0 heterocycles. The second-order valence-electron chi connectivity index (χ2n) is 10.0. The molecule has 116 valence electrons. The quantitative estimate of drug-likeness (QED) is 0.748. The molecule has 0 aromatic heterocycles. The number of rotatable bonds is 2. The summed E-state index contributed by atoms with van der Waals surface area (Å²) >= 11 is 0. The van der Waals surface area contributed by atoms with Gasteiger partial charge in [-0.25, -0.2) is 0 Å². The molecule has 0 aromatic rings. The van der Waals surface area contributed by atoms with Crippen LogP contribution < -0.4 is 5.32 Å². The zero-order valence-electron chi connectivity index (χ0n) is 14.6. The van der Waals surface area contributed by atoms with Gasteiger partial charge in [-0.2, -0.15) is 0 Å². The summed E-state index contributed by atoms with van der Waals surface area (Å²) in [5, 5.41) is 4.17. The van der Waals surface area contributed by atoms with E-state index in [4.69, 9.17) is 0 Å². The molecule has 2 bridgehead atoms. The fraction of sp³-hybridized carbons (Fsp3) is 1.00. The minimum Gasteiger partial charge on any atom is -0.310 e. The molecule has 20 heavy (non-hydrogen) atoms. The van der Waals surface area contributed by atoms with Gasteiger partial charge in [-0.3, -0.25) is 0 Å².